The molecule has 2 heterocycles. The van der Waals surface area contributed by atoms with E-state index in [0.29, 0.717) is 12.6 Å². The molecule has 1 aliphatic heterocycles. The second kappa shape index (κ2) is 7.76. The lowest BCUT2D eigenvalue weighted by molar-refractivity contribution is 0.0588. The largest absolute Gasteiger partial charge is 0.377 e. The maximum Gasteiger partial charge on any atom is 0.0948 e. The van der Waals surface area contributed by atoms with Crippen molar-refractivity contribution in [2.24, 2.45) is 5.73 Å². The molecular formula is C15H28N4O. The summed E-state index contributed by atoms with van der Waals surface area (Å²) < 4.78 is 8.00. The molecule has 5 nitrogen and oxygen atoms in total. The Hall–Kier alpha value is -0.910. The number of aryl methyl sites for hydroxylation is 1. The van der Waals surface area contributed by atoms with Gasteiger partial charge in [0.1, 0.15) is 0 Å². The molecular weight excluding hydrogens is 252 g/mol. The molecule has 2 atom stereocenters. The van der Waals surface area contributed by atoms with Gasteiger partial charge in [-0.15, -0.1) is 0 Å². The zero-order valence-electron chi connectivity index (χ0n) is 12.8. The molecule has 114 valence electrons. The summed E-state index contributed by atoms with van der Waals surface area (Å²) in [5.41, 5.74) is 7.29. The van der Waals surface area contributed by atoms with E-state index in [9.17, 15) is 0 Å². The van der Waals surface area contributed by atoms with Crippen molar-refractivity contribution in [1.29, 1.82) is 0 Å². The summed E-state index contributed by atoms with van der Waals surface area (Å²) >= 11 is 0. The minimum absolute atomic E-state index is 0.234. The molecule has 0 radical (unpaired) electrons. The Balaban J connectivity index is 2.08. The molecule has 1 aliphatic rings. The summed E-state index contributed by atoms with van der Waals surface area (Å²) in [6.45, 7) is 8.86. The van der Waals surface area contributed by atoms with Crippen LogP contribution in [-0.4, -0.2) is 46.8 Å². The standard InChI is InChI=1S/C15H28N4O/c1-3-7-19-12-17-10-15(19)14(9-16)18(4-2)11-13-6-5-8-20-13/h10,12-14H,3-9,11,16H2,1-2H3. The van der Waals surface area contributed by atoms with E-state index < -0.39 is 0 Å². The highest BCUT2D eigenvalue weighted by Crippen LogP contribution is 2.22. The molecule has 5 heteroatoms. The molecule has 2 unspecified atom stereocenters. The number of rotatable bonds is 8. The Morgan fingerprint density at radius 1 is 1.55 bits per heavy atom. The minimum atomic E-state index is 0.234. The fraction of sp³-hybridized carbons (Fsp3) is 0.800. The first-order valence-corrected chi connectivity index (χ1v) is 7.85. The smallest absolute Gasteiger partial charge is 0.0948 e. The second-order valence-electron chi connectivity index (χ2n) is 5.49. The highest BCUT2D eigenvalue weighted by atomic mass is 16.5. The summed E-state index contributed by atoms with van der Waals surface area (Å²) in [7, 11) is 0. The van der Waals surface area contributed by atoms with Crippen molar-refractivity contribution in [2.45, 2.75) is 51.8 Å². The van der Waals surface area contributed by atoms with Crippen LogP contribution in [-0.2, 0) is 11.3 Å². The van der Waals surface area contributed by atoms with Gasteiger partial charge in [0.2, 0.25) is 0 Å². The topological polar surface area (TPSA) is 56.3 Å². The molecule has 1 fully saturated rings. The van der Waals surface area contributed by atoms with Crippen molar-refractivity contribution in [3.63, 3.8) is 0 Å². The normalized spacial score (nSPS) is 20.7. The molecule has 0 spiro atoms. The van der Waals surface area contributed by atoms with Gasteiger partial charge in [0.15, 0.2) is 0 Å². The zero-order valence-corrected chi connectivity index (χ0v) is 12.8. The Labute approximate surface area is 122 Å². The van der Waals surface area contributed by atoms with Gasteiger partial charge in [-0.1, -0.05) is 13.8 Å². The van der Waals surface area contributed by atoms with E-state index in [1.165, 1.54) is 18.5 Å². The summed E-state index contributed by atoms with van der Waals surface area (Å²) in [5.74, 6) is 0. The van der Waals surface area contributed by atoms with Gasteiger partial charge >= 0.3 is 0 Å². The molecule has 2 rings (SSSR count). The molecule has 0 amide bonds. The fourth-order valence-corrected chi connectivity index (χ4v) is 3.02. The van der Waals surface area contributed by atoms with Gasteiger partial charge in [-0.3, -0.25) is 4.90 Å². The maximum atomic E-state index is 6.06. The molecule has 0 aromatic carbocycles. The Bertz CT molecular complexity index is 387. The first-order chi connectivity index (χ1) is 9.80. The van der Waals surface area contributed by atoms with Gasteiger partial charge < -0.3 is 15.0 Å². The number of hydrogen-bond donors (Lipinski definition) is 1. The highest BCUT2D eigenvalue weighted by molar-refractivity contribution is 5.07. The SMILES string of the molecule is CCCn1cncc1C(CN)N(CC)CC1CCCO1. The minimum Gasteiger partial charge on any atom is -0.377 e. The van der Waals surface area contributed by atoms with E-state index in [4.69, 9.17) is 10.5 Å². The van der Waals surface area contributed by atoms with Crippen molar-refractivity contribution in [1.82, 2.24) is 14.5 Å². The molecule has 0 saturated carbocycles. The van der Waals surface area contributed by atoms with Gasteiger partial charge in [0, 0.05) is 32.4 Å². The van der Waals surface area contributed by atoms with E-state index in [0.717, 1.165) is 32.7 Å². The number of hydrogen-bond acceptors (Lipinski definition) is 4. The monoisotopic (exact) mass is 280 g/mol. The van der Waals surface area contributed by atoms with Crippen molar-refractivity contribution in [3.05, 3.63) is 18.2 Å². The average Bonchev–Trinajstić information content (AvgIpc) is 3.11. The van der Waals surface area contributed by atoms with Crippen LogP contribution in [0.2, 0.25) is 0 Å². The van der Waals surface area contributed by atoms with E-state index in [-0.39, 0.29) is 6.04 Å². The van der Waals surface area contributed by atoms with Crippen LogP contribution in [0.1, 0.15) is 44.8 Å². The number of nitrogens with zero attached hydrogens (tertiary/aromatic N) is 3. The van der Waals surface area contributed by atoms with Crippen LogP contribution >= 0.6 is 0 Å². The quantitative estimate of drug-likeness (QED) is 0.789. The molecule has 0 aliphatic carbocycles. The average molecular weight is 280 g/mol. The Morgan fingerprint density at radius 3 is 3.00 bits per heavy atom. The number of imidazole rings is 1. The van der Waals surface area contributed by atoms with E-state index in [1.54, 1.807) is 0 Å². The Kier molecular flexibility index (Phi) is 6.01. The van der Waals surface area contributed by atoms with Crippen LogP contribution in [0, 0.1) is 0 Å². The van der Waals surface area contributed by atoms with Crippen LogP contribution in [0.15, 0.2) is 12.5 Å². The van der Waals surface area contributed by atoms with Crippen molar-refractivity contribution in [2.75, 3.05) is 26.2 Å². The maximum absolute atomic E-state index is 6.06. The third-order valence-corrected chi connectivity index (χ3v) is 4.08. The van der Waals surface area contributed by atoms with Crippen molar-refractivity contribution in [3.8, 4) is 0 Å². The fourth-order valence-electron chi connectivity index (χ4n) is 3.02. The number of aromatic nitrogens is 2. The van der Waals surface area contributed by atoms with E-state index >= 15 is 0 Å². The summed E-state index contributed by atoms with van der Waals surface area (Å²) in [4.78, 5) is 6.74. The van der Waals surface area contributed by atoms with Gasteiger partial charge in [-0.05, 0) is 25.8 Å². The molecule has 1 aromatic rings. The van der Waals surface area contributed by atoms with Gasteiger partial charge in [0.05, 0.1) is 24.2 Å². The molecule has 20 heavy (non-hydrogen) atoms. The number of likely N-dealkylation sites (N-methyl/N-ethyl adjacent to an activating group) is 1. The first-order valence-electron chi connectivity index (χ1n) is 7.85. The lowest BCUT2D eigenvalue weighted by atomic mass is 10.1. The summed E-state index contributed by atoms with van der Waals surface area (Å²) in [5, 5.41) is 0. The summed E-state index contributed by atoms with van der Waals surface area (Å²) in [6.07, 6.45) is 7.71. The van der Waals surface area contributed by atoms with Gasteiger partial charge in [-0.25, -0.2) is 4.98 Å². The number of ether oxygens (including phenoxy) is 1. The molecule has 1 saturated heterocycles. The van der Waals surface area contributed by atoms with Crippen LogP contribution in [0.3, 0.4) is 0 Å². The van der Waals surface area contributed by atoms with Crippen LogP contribution in [0.4, 0.5) is 0 Å². The van der Waals surface area contributed by atoms with Gasteiger partial charge in [0.25, 0.3) is 0 Å². The predicted octanol–water partition coefficient (Wildman–Crippen LogP) is 1.79. The van der Waals surface area contributed by atoms with Crippen molar-refractivity contribution >= 4 is 0 Å². The zero-order chi connectivity index (χ0) is 14.4. The molecule has 0 bridgehead atoms. The predicted molar refractivity (Wildman–Crippen MR) is 80.5 cm³/mol. The Morgan fingerprint density at radius 2 is 2.40 bits per heavy atom. The van der Waals surface area contributed by atoms with E-state index in [1.807, 2.05) is 12.5 Å². The third-order valence-electron chi connectivity index (χ3n) is 4.08. The van der Waals surface area contributed by atoms with Crippen molar-refractivity contribution < 1.29 is 4.74 Å². The number of nitrogens with two attached hydrogens (primary N) is 1. The van der Waals surface area contributed by atoms with Crippen LogP contribution < -0.4 is 5.73 Å². The molecule has 1 aromatic heterocycles. The first kappa shape index (κ1) is 15.5. The molecule has 2 N–H and O–H groups in total. The van der Waals surface area contributed by atoms with E-state index in [2.05, 4.69) is 28.3 Å². The summed E-state index contributed by atoms with van der Waals surface area (Å²) in [6, 6.07) is 0.234. The highest BCUT2D eigenvalue weighted by Gasteiger charge is 2.25. The third kappa shape index (κ3) is 3.59. The lowest BCUT2D eigenvalue weighted by Crippen LogP contribution is -2.39. The van der Waals surface area contributed by atoms with Crippen LogP contribution in [0.5, 0.6) is 0 Å². The van der Waals surface area contributed by atoms with Gasteiger partial charge in [-0.2, -0.15) is 0 Å². The lowest BCUT2D eigenvalue weighted by Gasteiger charge is -2.32. The van der Waals surface area contributed by atoms with Crippen LogP contribution in [0.25, 0.3) is 0 Å². The second-order valence-corrected chi connectivity index (χ2v) is 5.49.